The fourth-order valence-electron chi connectivity index (χ4n) is 3.69. The first-order valence-electron chi connectivity index (χ1n) is 8.73. The van der Waals surface area contributed by atoms with Gasteiger partial charge in [-0.25, -0.2) is 4.79 Å². The first kappa shape index (κ1) is 16.1. The Hall–Kier alpha value is -2.37. The van der Waals surface area contributed by atoms with E-state index in [1.165, 1.54) is 11.1 Å². The van der Waals surface area contributed by atoms with E-state index in [0.717, 1.165) is 30.8 Å². The van der Waals surface area contributed by atoms with Crippen LogP contribution in [0.1, 0.15) is 22.8 Å². The molecule has 0 aromatic heterocycles. The molecule has 2 heterocycles. The van der Waals surface area contributed by atoms with Crippen LogP contribution in [0.5, 0.6) is 0 Å². The molecule has 5 nitrogen and oxygen atoms in total. The Labute approximate surface area is 147 Å². The summed E-state index contributed by atoms with van der Waals surface area (Å²) in [6, 6.07) is 15.9. The van der Waals surface area contributed by atoms with Crippen LogP contribution in [0.4, 0.5) is 10.5 Å². The third kappa shape index (κ3) is 3.25. The predicted octanol–water partition coefficient (Wildman–Crippen LogP) is 2.73. The van der Waals surface area contributed by atoms with E-state index in [0.29, 0.717) is 19.7 Å². The lowest BCUT2D eigenvalue weighted by atomic mass is 9.96. The van der Waals surface area contributed by atoms with Gasteiger partial charge in [0.1, 0.15) is 6.61 Å². The zero-order valence-electron chi connectivity index (χ0n) is 14.1. The maximum atomic E-state index is 11.9. The number of aliphatic hydroxyl groups is 1. The highest BCUT2D eigenvalue weighted by molar-refractivity contribution is 5.90. The minimum Gasteiger partial charge on any atom is -0.447 e. The van der Waals surface area contributed by atoms with E-state index in [2.05, 4.69) is 11.0 Å². The molecule has 1 amide bonds. The normalized spacial score (nSPS) is 18.8. The second-order valence-electron chi connectivity index (χ2n) is 6.59. The lowest BCUT2D eigenvalue weighted by Gasteiger charge is -2.32. The van der Waals surface area contributed by atoms with Crippen molar-refractivity contribution in [3.05, 3.63) is 65.2 Å². The number of hydrogen-bond donors (Lipinski definition) is 1. The van der Waals surface area contributed by atoms with Gasteiger partial charge in [-0.2, -0.15) is 0 Å². The molecule has 0 radical (unpaired) electrons. The van der Waals surface area contributed by atoms with Gasteiger partial charge in [-0.15, -0.1) is 0 Å². The summed E-state index contributed by atoms with van der Waals surface area (Å²) in [5.41, 5.74) is 4.38. The highest BCUT2D eigenvalue weighted by Crippen LogP contribution is 2.31. The van der Waals surface area contributed by atoms with Crippen LogP contribution >= 0.6 is 0 Å². The molecular formula is C20H22N2O3. The number of β-amino-alcohol motifs (C(OH)–C–C–N with tert-alkyl or cyclic N) is 1. The van der Waals surface area contributed by atoms with Gasteiger partial charge in [-0.1, -0.05) is 42.5 Å². The molecule has 2 aliphatic rings. The summed E-state index contributed by atoms with van der Waals surface area (Å²) in [6.07, 6.45) is 0.131. The summed E-state index contributed by atoms with van der Waals surface area (Å²) in [5, 5.41) is 10.5. The second kappa shape index (κ2) is 6.86. The van der Waals surface area contributed by atoms with Crippen LogP contribution in [0, 0.1) is 0 Å². The molecule has 1 saturated heterocycles. The summed E-state index contributed by atoms with van der Waals surface area (Å²) < 4.78 is 5.08. The van der Waals surface area contributed by atoms with E-state index in [4.69, 9.17) is 4.74 Å². The number of hydrogen-bond acceptors (Lipinski definition) is 4. The number of nitrogens with zero attached hydrogens (tertiary/aromatic N) is 2. The van der Waals surface area contributed by atoms with Crippen molar-refractivity contribution in [3.8, 4) is 0 Å². The van der Waals surface area contributed by atoms with Crippen molar-refractivity contribution in [1.82, 2.24) is 4.90 Å². The standard InChI is InChI=1S/C20H22N2O3/c23-19(15-5-2-1-3-6-15)14-21-10-9-17-16(13-21)7-4-8-18(17)22-11-12-25-20(22)24/h1-8,19,23H,9-14H2. The van der Waals surface area contributed by atoms with E-state index in [1.807, 2.05) is 42.5 Å². The molecule has 25 heavy (non-hydrogen) atoms. The third-order valence-electron chi connectivity index (χ3n) is 4.99. The largest absolute Gasteiger partial charge is 0.447 e. The molecule has 0 spiro atoms. The molecule has 2 aliphatic heterocycles. The van der Waals surface area contributed by atoms with E-state index in [9.17, 15) is 9.90 Å². The van der Waals surface area contributed by atoms with Crippen LogP contribution in [0.3, 0.4) is 0 Å². The van der Waals surface area contributed by atoms with Gasteiger partial charge in [-0.05, 0) is 29.2 Å². The monoisotopic (exact) mass is 338 g/mol. The highest BCUT2D eigenvalue weighted by Gasteiger charge is 2.28. The number of carbonyl (C=O) groups is 1. The van der Waals surface area contributed by atoms with E-state index < -0.39 is 6.10 Å². The summed E-state index contributed by atoms with van der Waals surface area (Å²) in [4.78, 5) is 15.9. The number of benzene rings is 2. The van der Waals surface area contributed by atoms with Gasteiger partial charge in [-0.3, -0.25) is 9.80 Å². The van der Waals surface area contributed by atoms with Crippen molar-refractivity contribution < 1.29 is 14.6 Å². The topological polar surface area (TPSA) is 53.0 Å². The smallest absolute Gasteiger partial charge is 0.414 e. The molecular weight excluding hydrogens is 316 g/mol. The van der Waals surface area contributed by atoms with Crippen LogP contribution in [0.25, 0.3) is 0 Å². The number of aliphatic hydroxyl groups excluding tert-OH is 1. The van der Waals surface area contributed by atoms with Gasteiger partial charge in [0.2, 0.25) is 0 Å². The van der Waals surface area contributed by atoms with Crippen LogP contribution < -0.4 is 4.90 Å². The second-order valence-corrected chi connectivity index (χ2v) is 6.59. The van der Waals surface area contributed by atoms with Gasteiger partial charge in [0.25, 0.3) is 0 Å². The molecule has 1 unspecified atom stereocenters. The average molecular weight is 338 g/mol. The number of ether oxygens (including phenoxy) is 1. The SMILES string of the molecule is O=C1OCCN1c1cccc2c1CCN(CC(O)c1ccccc1)C2. The number of amides is 1. The lowest BCUT2D eigenvalue weighted by molar-refractivity contribution is 0.106. The molecule has 1 N–H and O–H groups in total. The van der Waals surface area contributed by atoms with Crippen molar-refractivity contribution in [2.45, 2.75) is 19.1 Å². The lowest BCUT2D eigenvalue weighted by Crippen LogP contribution is -2.35. The molecule has 2 aromatic carbocycles. The quantitative estimate of drug-likeness (QED) is 0.931. The van der Waals surface area contributed by atoms with Crippen molar-refractivity contribution in [3.63, 3.8) is 0 Å². The Bertz CT molecular complexity index is 763. The first-order valence-corrected chi connectivity index (χ1v) is 8.73. The fourth-order valence-corrected chi connectivity index (χ4v) is 3.69. The average Bonchev–Trinajstić information content (AvgIpc) is 3.07. The number of fused-ring (bicyclic) bond motifs is 1. The van der Waals surface area contributed by atoms with Crippen molar-refractivity contribution in [1.29, 1.82) is 0 Å². The Kier molecular flexibility index (Phi) is 4.42. The fraction of sp³-hybridized carbons (Fsp3) is 0.350. The minimum absolute atomic E-state index is 0.254. The minimum atomic E-state index is -0.487. The zero-order valence-corrected chi connectivity index (χ0v) is 14.1. The van der Waals surface area contributed by atoms with E-state index in [1.54, 1.807) is 4.90 Å². The zero-order chi connectivity index (χ0) is 17.2. The Morgan fingerprint density at radius 1 is 1.08 bits per heavy atom. The Morgan fingerprint density at radius 3 is 2.68 bits per heavy atom. The predicted molar refractivity (Wildman–Crippen MR) is 95.5 cm³/mol. The van der Waals surface area contributed by atoms with Crippen molar-refractivity contribution >= 4 is 11.8 Å². The van der Waals surface area contributed by atoms with Crippen LogP contribution in [0.15, 0.2) is 48.5 Å². The van der Waals surface area contributed by atoms with Gasteiger partial charge < -0.3 is 9.84 Å². The molecule has 130 valence electrons. The summed E-state index contributed by atoms with van der Waals surface area (Å²) in [7, 11) is 0. The maximum absolute atomic E-state index is 11.9. The number of anilines is 1. The first-order chi connectivity index (χ1) is 12.2. The molecule has 0 saturated carbocycles. The molecule has 5 heteroatoms. The highest BCUT2D eigenvalue weighted by atomic mass is 16.6. The van der Waals surface area contributed by atoms with E-state index >= 15 is 0 Å². The number of rotatable bonds is 4. The van der Waals surface area contributed by atoms with E-state index in [-0.39, 0.29) is 6.09 Å². The number of cyclic esters (lactones) is 1. The van der Waals surface area contributed by atoms with Gasteiger partial charge in [0, 0.05) is 19.6 Å². The Balaban J connectivity index is 1.49. The molecule has 1 atom stereocenters. The summed E-state index contributed by atoms with van der Waals surface area (Å²) in [6.45, 7) is 3.34. The molecule has 0 aliphatic carbocycles. The summed E-state index contributed by atoms with van der Waals surface area (Å²) >= 11 is 0. The van der Waals surface area contributed by atoms with Gasteiger partial charge >= 0.3 is 6.09 Å². The van der Waals surface area contributed by atoms with Crippen molar-refractivity contribution in [2.75, 3.05) is 31.1 Å². The van der Waals surface area contributed by atoms with Crippen LogP contribution in [-0.2, 0) is 17.7 Å². The van der Waals surface area contributed by atoms with Crippen molar-refractivity contribution in [2.24, 2.45) is 0 Å². The van der Waals surface area contributed by atoms with Crippen LogP contribution in [0.2, 0.25) is 0 Å². The molecule has 1 fully saturated rings. The summed E-state index contributed by atoms with van der Waals surface area (Å²) in [5.74, 6) is 0. The van der Waals surface area contributed by atoms with Crippen LogP contribution in [-0.4, -0.2) is 42.3 Å². The van der Waals surface area contributed by atoms with Gasteiger partial charge in [0.15, 0.2) is 0 Å². The molecule has 4 rings (SSSR count). The number of carbonyl (C=O) groups excluding carboxylic acids is 1. The van der Waals surface area contributed by atoms with Gasteiger partial charge in [0.05, 0.1) is 18.3 Å². The Morgan fingerprint density at radius 2 is 1.92 bits per heavy atom. The third-order valence-corrected chi connectivity index (χ3v) is 4.99. The maximum Gasteiger partial charge on any atom is 0.414 e. The molecule has 0 bridgehead atoms. The molecule has 2 aromatic rings.